The fourth-order valence-corrected chi connectivity index (χ4v) is 5.02. The molecule has 0 atom stereocenters. The molecule has 1 aromatic carbocycles. The summed E-state index contributed by atoms with van der Waals surface area (Å²) in [7, 11) is 9.33. The van der Waals surface area contributed by atoms with Gasteiger partial charge in [0.2, 0.25) is 0 Å². The molecule has 0 saturated carbocycles. The Morgan fingerprint density at radius 1 is 1.10 bits per heavy atom. The van der Waals surface area contributed by atoms with Gasteiger partial charge in [-0.15, -0.1) is 0 Å². The fourth-order valence-electron chi connectivity index (χ4n) is 5.02. The normalized spacial score (nSPS) is 13.6. The van der Waals surface area contributed by atoms with Gasteiger partial charge in [0.1, 0.15) is 5.82 Å². The predicted octanol–water partition coefficient (Wildman–Crippen LogP) is 5.34. The van der Waals surface area contributed by atoms with E-state index in [4.69, 9.17) is 0 Å². The number of carbonyl (C=O) groups is 1. The topological polar surface area (TPSA) is 58.3 Å². The van der Waals surface area contributed by atoms with Crippen LogP contribution in [0.2, 0.25) is 0 Å². The molecular formula is C31H39FN6O. The lowest BCUT2D eigenvalue weighted by atomic mass is 9.93. The van der Waals surface area contributed by atoms with Crippen molar-refractivity contribution in [1.29, 1.82) is 0 Å². The summed E-state index contributed by atoms with van der Waals surface area (Å²) in [6.45, 7) is 6.30. The molecule has 0 bridgehead atoms. The summed E-state index contributed by atoms with van der Waals surface area (Å²) in [5, 5.41) is 3.12. The van der Waals surface area contributed by atoms with Crippen LogP contribution in [0.5, 0.6) is 0 Å². The van der Waals surface area contributed by atoms with E-state index in [-0.39, 0.29) is 11.7 Å². The van der Waals surface area contributed by atoms with Crippen molar-refractivity contribution >= 4 is 17.2 Å². The minimum absolute atomic E-state index is 0.193. The molecule has 0 radical (unpaired) electrons. The van der Waals surface area contributed by atoms with Crippen molar-refractivity contribution in [1.82, 2.24) is 24.1 Å². The summed E-state index contributed by atoms with van der Waals surface area (Å²) in [5.74, 6) is -0.526. The number of aryl methyl sites for hydroxylation is 3. The first kappa shape index (κ1) is 28.1. The first-order chi connectivity index (χ1) is 18.6. The van der Waals surface area contributed by atoms with Crippen LogP contribution >= 0.6 is 0 Å². The van der Waals surface area contributed by atoms with Gasteiger partial charge in [-0.3, -0.25) is 24.0 Å². The Labute approximate surface area is 230 Å². The number of amides is 1. The minimum Gasteiger partial charge on any atom is -0.387 e. The van der Waals surface area contributed by atoms with E-state index in [0.717, 1.165) is 65.4 Å². The van der Waals surface area contributed by atoms with Gasteiger partial charge in [0.15, 0.2) is 0 Å². The standard InChI is InChI=1S/C31H39FN6O/c1-21-17-26(37(7)36(6)13-12-27(21)29-9-8-25(33-3)19-34-29)20-38-14-10-23(11-15-38)30-22(2)16-24(18-28(30)32)31(39)35(4)5/h8-10,12-13,16-19,33H,11,14-15,20H2,1-7H3. The average molecular weight is 531 g/mol. The van der Waals surface area contributed by atoms with Crippen molar-refractivity contribution in [3.8, 4) is 11.3 Å². The Bertz CT molecular complexity index is 1420. The highest BCUT2D eigenvalue weighted by Crippen LogP contribution is 2.30. The molecule has 39 heavy (non-hydrogen) atoms. The van der Waals surface area contributed by atoms with Crippen LogP contribution in [0.3, 0.4) is 0 Å². The Kier molecular flexibility index (Phi) is 8.55. The molecule has 0 saturated heterocycles. The van der Waals surface area contributed by atoms with Crippen molar-refractivity contribution < 1.29 is 9.18 Å². The fraction of sp³-hybridized carbons (Fsp3) is 0.355. The third kappa shape index (κ3) is 6.23. The monoisotopic (exact) mass is 530 g/mol. The van der Waals surface area contributed by atoms with Gasteiger partial charge in [0.25, 0.3) is 5.91 Å². The van der Waals surface area contributed by atoms with Crippen LogP contribution in [0.4, 0.5) is 10.1 Å². The molecule has 8 heteroatoms. The maximum absolute atomic E-state index is 15.2. The smallest absolute Gasteiger partial charge is 0.253 e. The minimum atomic E-state index is -0.333. The van der Waals surface area contributed by atoms with Crippen LogP contribution in [0.1, 0.15) is 39.2 Å². The predicted molar refractivity (Wildman–Crippen MR) is 157 cm³/mol. The third-order valence-corrected chi connectivity index (χ3v) is 7.42. The molecule has 1 aliphatic rings. The number of anilines is 1. The Morgan fingerprint density at radius 2 is 1.87 bits per heavy atom. The molecule has 4 rings (SSSR count). The van der Waals surface area contributed by atoms with E-state index in [1.165, 1.54) is 11.0 Å². The highest BCUT2D eigenvalue weighted by Gasteiger charge is 2.20. The summed E-state index contributed by atoms with van der Waals surface area (Å²) < 4.78 is 19.4. The largest absolute Gasteiger partial charge is 0.387 e. The van der Waals surface area contributed by atoms with E-state index < -0.39 is 0 Å². The first-order valence-corrected chi connectivity index (χ1v) is 13.2. The number of benzene rings is 1. The van der Waals surface area contributed by atoms with Crippen LogP contribution < -0.4 is 5.32 Å². The van der Waals surface area contributed by atoms with Gasteiger partial charge in [0.05, 0.1) is 17.6 Å². The summed E-state index contributed by atoms with van der Waals surface area (Å²) in [6, 6.07) is 11.6. The van der Waals surface area contributed by atoms with Crippen LogP contribution in [0, 0.1) is 19.7 Å². The molecule has 1 aliphatic heterocycles. The number of nitrogens with one attached hydrogen (secondary N) is 1. The molecule has 0 spiro atoms. The zero-order valence-corrected chi connectivity index (χ0v) is 24.0. The average Bonchev–Trinajstić information content (AvgIpc) is 2.92. The second kappa shape index (κ2) is 11.9. The van der Waals surface area contributed by atoms with Gasteiger partial charge in [-0.05, 0) is 73.4 Å². The van der Waals surface area contributed by atoms with E-state index in [9.17, 15) is 4.79 Å². The van der Waals surface area contributed by atoms with Crippen molar-refractivity contribution in [2.24, 2.45) is 14.1 Å². The van der Waals surface area contributed by atoms with E-state index in [1.807, 2.05) is 39.3 Å². The molecule has 1 amide bonds. The summed E-state index contributed by atoms with van der Waals surface area (Å²) in [5.41, 5.74) is 8.09. The lowest BCUT2D eigenvalue weighted by Crippen LogP contribution is -2.30. The van der Waals surface area contributed by atoms with Crippen molar-refractivity contribution in [3.63, 3.8) is 0 Å². The summed E-state index contributed by atoms with van der Waals surface area (Å²) in [4.78, 5) is 20.8. The zero-order valence-electron chi connectivity index (χ0n) is 24.0. The number of aromatic nitrogens is 3. The molecule has 3 aromatic rings. The van der Waals surface area contributed by atoms with Crippen LogP contribution in [0.15, 0.2) is 54.9 Å². The molecule has 2 aromatic heterocycles. The summed E-state index contributed by atoms with van der Waals surface area (Å²) >= 11 is 0. The molecule has 0 unspecified atom stereocenters. The Balaban J connectivity index is 1.59. The number of rotatable bonds is 6. The van der Waals surface area contributed by atoms with E-state index >= 15 is 4.39 Å². The Hall–Kier alpha value is -3.91. The van der Waals surface area contributed by atoms with Gasteiger partial charge >= 0.3 is 0 Å². The third-order valence-electron chi connectivity index (χ3n) is 7.42. The lowest BCUT2D eigenvalue weighted by Gasteiger charge is -2.28. The van der Waals surface area contributed by atoms with E-state index in [0.29, 0.717) is 11.1 Å². The SMILES string of the molecule is CNc1ccc(-c2ccn(C)n(C)c(CN3CC=C(c4c(C)cc(C(=O)N(C)C)cc4F)CC3)cc2C)nc1. The van der Waals surface area contributed by atoms with Gasteiger partial charge < -0.3 is 10.2 Å². The lowest BCUT2D eigenvalue weighted by molar-refractivity contribution is 0.0827. The van der Waals surface area contributed by atoms with Gasteiger partial charge in [-0.1, -0.05) is 6.08 Å². The molecule has 1 N–H and O–H groups in total. The van der Waals surface area contributed by atoms with E-state index in [1.54, 1.807) is 20.2 Å². The van der Waals surface area contributed by atoms with Gasteiger partial charge in [-0.2, -0.15) is 0 Å². The number of carbonyl (C=O) groups excluding carboxylic acids is 1. The van der Waals surface area contributed by atoms with Gasteiger partial charge in [0, 0.05) is 83.5 Å². The highest BCUT2D eigenvalue weighted by atomic mass is 19.1. The zero-order chi connectivity index (χ0) is 28.3. The van der Waals surface area contributed by atoms with Crippen molar-refractivity contribution in [3.05, 3.63) is 88.6 Å². The molecular weight excluding hydrogens is 491 g/mol. The van der Waals surface area contributed by atoms with Gasteiger partial charge in [-0.25, -0.2) is 4.39 Å². The van der Waals surface area contributed by atoms with Crippen molar-refractivity contribution in [2.45, 2.75) is 26.8 Å². The second-order valence-electron chi connectivity index (χ2n) is 10.4. The number of nitrogens with zero attached hydrogens (tertiary/aromatic N) is 5. The van der Waals surface area contributed by atoms with Crippen LogP contribution in [-0.4, -0.2) is 64.3 Å². The maximum atomic E-state index is 15.2. The molecule has 206 valence electrons. The van der Waals surface area contributed by atoms with Crippen LogP contribution in [-0.2, 0) is 20.6 Å². The molecule has 3 heterocycles. The van der Waals surface area contributed by atoms with Crippen LogP contribution in [0.25, 0.3) is 16.8 Å². The first-order valence-electron chi connectivity index (χ1n) is 13.2. The second-order valence-corrected chi connectivity index (χ2v) is 10.4. The number of halogens is 1. The molecule has 7 nitrogen and oxygen atoms in total. The molecule has 0 fully saturated rings. The summed E-state index contributed by atoms with van der Waals surface area (Å²) in [6.07, 6.45) is 6.77. The highest BCUT2D eigenvalue weighted by molar-refractivity contribution is 5.94. The molecule has 0 aliphatic carbocycles. The Morgan fingerprint density at radius 3 is 2.46 bits per heavy atom. The number of pyridine rings is 1. The quantitative estimate of drug-likeness (QED) is 0.468. The van der Waals surface area contributed by atoms with E-state index in [2.05, 4.69) is 62.9 Å². The maximum Gasteiger partial charge on any atom is 0.253 e. The number of hydrogen-bond acceptors (Lipinski definition) is 4. The van der Waals surface area contributed by atoms with Crippen molar-refractivity contribution in [2.75, 3.05) is 39.5 Å². The number of hydrogen-bond donors (Lipinski definition) is 1.